The molecule has 1 aromatic heterocycles. The zero-order valence-electron chi connectivity index (χ0n) is 11.9. The van der Waals surface area contributed by atoms with Crippen molar-refractivity contribution in [3.05, 3.63) is 41.6 Å². The normalized spacial score (nSPS) is 22.3. The number of hydrogen-bond donors (Lipinski definition) is 2. The van der Waals surface area contributed by atoms with Crippen molar-refractivity contribution < 1.29 is 22.0 Å². The molecular formula is C15H14F5N3. The highest BCUT2D eigenvalue weighted by molar-refractivity contribution is 5.60. The number of H-pyrrole nitrogens is 1. The standard InChI is InChI=1S/C15H14F5N3/c16-11-2-1-8(5-10(11)15(18,19)20)13-7-22-14(23-13)9-3-4-21-6-12(9)17/h1-2,5,7,9,12,21H,3-4,6H2,(H,22,23)/t9-,12+/m1/s1. The van der Waals surface area contributed by atoms with Crippen molar-refractivity contribution in [1.29, 1.82) is 0 Å². The lowest BCUT2D eigenvalue weighted by molar-refractivity contribution is -0.139. The summed E-state index contributed by atoms with van der Waals surface area (Å²) >= 11 is 0. The van der Waals surface area contributed by atoms with Crippen LogP contribution in [0.4, 0.5) is 22.0 Å². The fourth-order valence-corrected chi connectivity index (χ4v) is 2.70. The van der Waals surface area contributed by atoms with Crippen LogP contribution < -0.4 is 5.32 Å². The molecule has 2 atom stereocenters. The number of rotatable bonds is 2. The molecule has 0 spiro atoms. The zero-order chi connectivity index (χ0) is 16.6. The number of imidazole rings is 1. The summed E-state index contributed by atoms with van der Waals surface area (Å²) in [6, 6.07) is 2.69. The van der Waals surface area contributed by atoms with Gasteiger partial charge in [-0.05, 0) is 31.2 Å². The van der Waals surface area contributed by atoms with Gasteiger partial charge < -0.3 is 10.3 Å². The van der Waals surface area contributed by atoms with Gasteiger partial charge in [-0.2, -0.15) is 13.2 Å². The van der Waals surface area contributed by atoms with E-state index in [0.29, 0.717) is 24.9 Å². The van der Waals surface area contributed by atoms with Crippen LogP contribution in [0, 0.1) is 5.82 Å². The van der Waals surface area contributed by atoms with E-state index < -0.39 is 29.6 Å². The molecule has 1 aliphatic heterocycles. The summed E-state index contributed by atoms with van der Waals surface area (Å²) in [7, 11) is 0. The van der Waals surface area contributed by atoms with Gasteiger partial charge in [0, 0.05) is 18.3 Å². The molecule has 8 heteroatoms. The van der Waals surface area contributed by atoms with Gasteiger partial charge in [-0.1, -0.05) is 0 Å². The van der Waals surface area contributed by atoms with Crippen LogP contribution >= 0.6 is 0 Å². The number of piperidine rings is 1. The molecule has 0 aliphatic carbocycles. The first-order valence-electron chi connectivity index (χ1n) is 7.13. The van der Waals surface area contributed by atoms with Gasteiger partial charge in [-0.25, -0.2) is 13.8 Å². The highest BCUT2D eigenvalue weighted by Gasteiger charge is 2.34. The summed E-state index contributed by atoms with van der Waals surface area (Å²) in [5.74, 6) is -1.36. The second-order valence-corrected chi connectivity index (χ2v) is 5.48. The predicted octanol–water partition coefficient (Wildman–Crippen LogP) is 3.65. The Morgan fingerprint density at radius 3 is 2.70 bits per heavy atom. The highest BCUT2D eigenvalue weighted by atomic mass is 19.4. The average Bonchev–Trinajstić information content (AvgIpc) is 2.96. The van der Waals surface area contributed by atoms with E-state index in [1.165, 1.54) is 12.3 Å². The van der Waals surface area contributed by atoms with Crippen LogP contribution in [0.5, 0.6) is 0 Å². The molecule has 1 aliphatic rings. The Balaban J connectivity index is 1.91. The molecule has 124 valence electrons. The zero-order valence-corrected chi connectivity index (χ0v) is 11.9. The minimum Gasteiger partial charge on any atom is -0.348 e. The van der Waals surface area contributed by atoms with E-state index in [-0.39, 0.29) is 17.8 Å². The van der Waals surface area contributed by atoms with Crippen LogP contribution in [0.15, 0.2) is 24.4 Å². The highest BCUT2D eigenvalue weighted by Crippen LogP contribution is 2.34. The molecule has 2 N–H and O–H groups in total. The van der Waals surface area contributed by atoms with Crippen LogP contribution in [0.25, 0.3) is 11.3 Å². The van der Waals surface area contributed by atoms with Crippen LogP contribution in [-0.4, -0.2) is 29.2 Å². The third kappa shape index (κ3) is 3.21. The molecule has 0 amide bonds. The molecule has 2 aromatic rings. The maximum absolute atomic E-state index is 13.9. The molecular weight excluding hydrogens is 317 g/mol. The van der Waals surface area contributed by atoms with Gasteiger partial charge in [0.05, 0.1) is 17.2 Å². The minimum absolute atomic E-state index is 0.130. The molecule has 2 heterocycles. The Morgan fingerprint density at radius 1 is 1.22 bits per heavy atom. The van der Waals surface area contributed by atoms with E-state index in [9.17, 15) is 22.0 Å². The van der Waals surface area contributed by atoms with Gasteiger partial charge in [0.15, 0.2) is 0 Å². The number of aromatic amines is 1. The van der Waals surface area contributed by atoms with Gasteiger partial charge in [-0.3, -0.25) is 0 Å². The summed E-state index contributed by atoms with van der Waals surface area (Å²) in [5.41, 5.74) is -0.980. The summed E-state index contributed by atoms with van der Waals surface area (Å²) in [5, 5.41) is 2.92. The predicted molar refractivity (Wildman–Crippen MR) is 74.1 cm³/mol. The van der Waals surface area contributed by atoms with Crippen LogP contribution in [-0.2, 0) is 6.18 Å². The second kappa shape index (κ2) is 5.92. The molecule has 0 bridgehead atoms. The van der Waals surface area contributed by atoms with Gasteiger partial charge in [-0.15, -0.1) is 0 Å². The lowest BCUT2D eigenvalue weighted by atomic mass is 9.95. The van der Waals surface area contributed by atoms with Gasteiger partial charge in [0.2, 0.25) is 0 Å². The van der Waals surface area contributed by atoms with E-state index in [4.69, 9.17) is 0 Å². The van der Waals surface area contributed by atoms with Crippen molar-refractivity contribution >= 4 is 0 Å². The molecule has 0 unspecified atom stereocenters. The number of alkyl halides is 4. The summed E-state index contributed by atoms with van der Waals surface area (Å²) in [4.78, 5) is 7.02. The number of nitrogens with zero attached hydrogens (tertiary/aromatic N) is 1. The summed E-state index contributed by atoms with van der Waals surface area (Å²) in [6.07, 6.45) is -3.93. The van der Waals surface area contributed by atoms with Crippen molar-refractivity contribution in [2.24, 2.45) is 0 Å². The summed E-state index contributed by atoms with van der Waals surface area (Å²) < 4.78 is 65.5. The summed E-state index contributed by atoms with van der Waals surface area (Å²) in [6.45, 7) is 0.866. The fourth-order valence-electron chi connectivity index (χ4n) is 2.70. The van der Waals surface area contributed by atoms with Crippen molar-refractivity contribution in [1.82, 2.24) is 15.3 Å². The third-order valence-electron chi connectivity index (χ3n) is 3.92. The molecule has 0 saturated carbocycles. The Labute approximate surface area is 128 Å². The lowest BCUT2D eigenvalue weighted by Gasteiger charge is -2.24. The van der Waals surface area contributed by atoms with E-state index in [0.717, 1.165) is 6.07 Å². The molecule has 1 aromatic carbocycles. The molecule has 23 heavy (non-hydrogen) atoms. The van der Waals surface area contributed by atoms with Gasteiger partial charge >= 0.3 is 6.18 Å². The topological polar surface area (TPSA) is 40.7 Å². The van der Waals surface area contributed by atoms with Crippen LogP contribution in [0.2, 0.25) is 0 Å². The number of nitrogens with one attached hydrogen (secondary N) is 2. The van der Waals surface area contributed by atoms with Crippen molar-refractivity contribution in [2.45, 2.75) is 24.7 Å². The Hall–Kier alpha value is -1.96. The largest absolute Gasteiger partial charge is 0.419 e. The fraction of sp³-hybridized carbons (Fsp3) is 0.400. The Morgan fingerprint density at radius 2 is 2.00 bits per heavy atom. The molecule has 3 rings (SSSR count). The first kappa shape index (κ1) is 15.9. The Kier molecular flexibility index (Phi) is 4.09. The first-order chi connectivity index (χ1) is 10.9. The molecule has 3 nitrogen and oxygen atoms in total. The SMILES string of the molecule is Fc1ccc(-c2c[nH]c([C@@H]3CCNC[C@@H]3F)n2)cc1C(F)(F)F. The molecule has 1 saturated heterocycles. The third-order valence-corrected chi connectivity index (χ3v) is 3.92. The van der Waals surface area contributed by atoms with E-state index >= 15 is 0 Å². The van der Waals surface area contributed by atoms with Crippen molar-refractivity contribution in [3.63, 3.8) is 0 Å². The van der Waals surface area contributed by atoms with Crippen LogP contribution in [0.3, 0.4) is 0 Å². The second-order valence-electron chi connectivity index (χ2n) is 5.48. The maximum Gasteiger partial charge on any atom is 0.419 e. The first-order valence-corrected chi connectivity index (χ1v) is 7.13. The lowest BCUT2D eigenvalue weighted by Crippen LogP contribution is -2.37. The number of benzene rings is 1. The Bertz CT molecular complexity index is 695. The van der Waals surface area contributed by atoms with Crippen LogP contribution in [0.1, 0.15) is 23.7 Å². The van der Waals surface area contributed by atoms with E-state index in [1.807, 2.05) is 0 Å². The number of hydrogen-bond acceptors (Lipinski definition) is 2. The quantitative estimate of drug-likeness (QED) is 0.825. The average molecular weight is 331 g/mol. The smallest absolute Gasteiger partial charge is 0.348 e. The minimum atomic E-state index is -4.78. The van der Waals surface area contributed by atoms with Crippen molar-refractivity contribution in [2.75, 3.05) is 13.1 Å². The molecule has 0 radical (unpaired) electrons. The van der Waals surface area contributed by atoms with Gasteiger partial charge in [0.1, 0.15) is 17.8 Å². The van der Waals surface area contributed by atoms with E-state index in [2.05, 4.69) is 15.3 Å². The van der Waals surface area contributed by atoms with Crippen molar-refractivity contribution in [3.8, 4) is 11.3 Å². The number of halogens is 5. The molecule has 1 fully saturated rings. The monoisotopic (exact) mass is 331 g/mol. The maximum atomic E-state index is 13.9. The van der Waals surface area contributed by atoms with E-state index in [1.54, 1.807) is 0 Å². The van der Waals surface area contributed by atoms with Gasteiger partial charge in [0.25, 0.3) is 0 Å². The number of aromatic nitrogens is 2.